The van der Waals surface area contributed by atoms with Gasteiger partial charge in [0.2, 0.25) is 5.91 Å². The second kappa shape index (κ2) is 8.48. The standard InChI is InChI=1S/C21H28N4O2/c1-5-9-20-23-19-14-22-18-12-7-6-11-17(18)21(19)24(20)13-8-10-15(2)25(27-4)16(3)26/h6-7,11-12,14-15H,5,8-10,13H2,1-4H3. The Hall–Kier alpha value is -2.47. The Kier molecular flexibility index (Phi) is 6.06. The number of fused-ring (bicyclic) bond motifs is 3. The van der Waals surface area contributed by atoms with E-state index in [4.69, 9.17) is 9.82 Å². The van der Waals surface area contributed by atoms with E-state index in [1.54, 1.807) is 7.11 Å². The average Bonchev–Trinajstić information content (AvgIpc) is 3.00. The first-order chi connectivity index (χ1) is 13.1. The number of aromatic nitrogens is 3. The number of pyridine rings is 1. The molecule has 0 fully saturated rings. The van der Waals surface area contributed by atoms with E-state index in [1.165, 1.54) is 12.0 Å². The second-order valence-corrected chi connectivity index (χ2v) is 6.96. The number of amides is 1. The summed E-state index contributed by atoms with van der Waals surface area (Å²) in [4.78, 5) is 26.2. The quantitative estimate of drug-likeness (QED) is 0.561. The zero-order valence-corrected chi connectivity index (χ0v) is 16.6. The van der Waals surface area contributed by atoms with Crippen molar-refractivity contribution in [2.45, 2.75) is 59.0 Å². The Labute approximate surface area is 160 Å². The molecule has 6 heteroatoms. The minimum absolute atomic E-state index is 0.0373. The van der Waals surface area contributed by atoms with Gasteiger partial charge >= 0.3 is 0 Å². The molecule has 6 nitrogen and oxygen atoms in total. The van der Waals surface area contributed by atoms with E-state index < -0.39 is 0 Å². The molecule has 1 atom stereocenters. The minimum atomic E-state index is -0.0678. The SMILES string of the molecule is CCCc1nc2cnc3ccccc3c2n1CCCC(C)N(OC)C(C)=O. The summed E-state index contributed by atoms with van der Waals surface area (Å²) in [5.74, 6) is 1.04. The molecule has 27 heavy (non-hydrogen) atoms. The summed E-state index contributed by atoms with van der Waals surface area (Å²) in [6.45, 7) is 6.58. The third kappa shape index (κ3) is 3.95. The first-order valence-corrected chi connectivity index (χ1v) is 9.63. The molecule has 1 aromatic carbocycles. The van der Waals surface area contributed by atoms with Crippen molar-refractivity contribution in [3.8, 4) is 0 Å². The van der Waals surface area contributed by atoms with Gasteiger partial charge in [0.05, 0.1) is 30.4 Å². The smallest absolute Gasteiger partial charge is 0.243 e. The Bertz CT molecular complexity index is 934. The molecule has 0 bridgehead atoms. The molecule has 0 radical (unpaired) electrons. The van der Waals surface area contributed by atoms with Gasteiger partial charge in [0, 0.05) is 25.3 Å². The van der Waals surface area contributed by atoms with E-state index in [0.717, 1.165) is 60.0 Å². The number of para-hydroxylation sites is 1. The van der Waals surface area contributed by atoms with Crippen LogP contribution in [0.3, 0.4) is 0 Å². The van der Waals surface area contributed by atoms with Gasteiger partial charge in [-0.2, -0.15) is 0 Å². The molecule has 0 saturated carbocycles. The highest BCUT2D eigenvalue weighted by atomic mass is 16.7. The number of aryl methyl sites for hydroxylation is 2. The van der Waals surface area contributed by atoms with Crippen LogP contribution in [0.1, 0.15) is 45.9 Å². The van der Waals surface area contributed by atoms with Crippen LogP contribution in [0.5, 0.6) is 0 Å². The first-order valence-electron chi connectivity index (χ1n) is 9.63. The van der Waals surface area contributed by atoms with E-state index in [0.29, 0.717) is 0 Å². The number of nitrogens with zero attached hydrogens (tertiary/aromatic N) is 4. The largest absolute Gasteiger partial charge is 0.327 e. The van der Waals surface area contributed by atoms with E-state index in [9.17, 15) is 4.79 Å². The number of carbonyl (C=O) groups is 1. The monoisotopic (exact) mass is 368 g/mol. The van der Waals surface area contributed by atoms with Gasteiger partial charge in [-0.15, -0.1) is 0 Å². The van der Waals surface area contributed by atoms with Gasteiger partial charge < -0.3 is 4.57 Å². The summed E-state index contributed by atoms with van der Waals surface area (Å²) in [6, 6.07) is 8.25. The molecule has 0 aliphatic rings. The fourth-order valence-corrected chi connectivity index (χ4v) is 3.75. The average molecular weight is 368 g/mol. The van der Waals surface area contributed by atoms with Gasteiger partial charge in [0.1, 0.15) is 11.3 Å². The zero-order valence-electron chi connectivity index (χ0n) is 16.6. The van der Waals surface area contributed by atoms with Crippen molar-refractivity contribution in [2.24, 2.45) is 0 Å². The lowest BCUT2D eigenvalue weighted by atomic mass is 10.1. The third-order valence-electron chi connectivity index (χ3n) is 4.94. The van der Waals surface area contributed by atoms with Crippen LogP contribution in [0.15, 0.2) is 30.5 Å². The highest BCUT2D eigenvalue weighted by Crippen LogP contribution is 2.26. The fraction of sp³-hybridized carbons (Fsp3) is 0.476. The molecule has 1 unspecified atom stereocenters. The Morgan fingerprint density at radius 3 is 2.78 bits per heavy atom. The minimum Gasteiger partial charge on any atom is -0.327 e. The maximum absolute atomic E-state index is 11.6. The highest BCUT2D eigenvalue weighted by Gasteiger charge is 2.18. The summed E-state index contributed by atoms with van der Waals surface area (Å²) in [5.41, 5.74) is 3.10. The predicted octanol–water partition coefficient (Wildman–Crippen LogP) is 4.12. The number of hydrogen-bond donors (Lipinski definition) is 0. The molecule has 0 saturated heterocycles. The summed E-state index contributed by atoms with van der Waals surface area (Å²) >= 11 is 0. The number of hydroxylamine groups is 2. The Morgan fingerprint density at radius 2 is 2.07 bits per heavy atom. The van der Waals surface area contributed by atoms with Crippen LogP contribution < -0.4 is 0 Å². The number of carbonyl (C=O) groups excluding carboxylic acids is 1. The molecule has 1 amide bonds. The molecule has 2 aromatic heterocycles. The first kappa shape index (κ1) is 19.3. The molecule has 0 aliphatic carbocycles. The topological polar surface area (TPSA) is 60.3 Å². The van der Waals surface area contributed by atoms with Crippen LogP contribution in [-0.4, -0.2) is 38.7 Å². The van der Waals surface area contributed by atoms with Crippen molar-refractivity contribution in [1.29, 1.82) is 0 Å². The van der Waals surface area contributed by atoms with Crippen LogP contribution in [-0.2, 0) is 22.6 Å². The molecule has 0 N–H and O–H groups in total. The molecular formula is C21H28N4O2. The van der Waals surface area contributed by atoms with Crippen molar-refractivity contribution in [3.05, 3.63) is 36.3 Å². The van der Waals surface area contributed by atoms with E-state index in [-0.39, 0.29) is 11.9 Å². The maximum Gasteiger partial charge on any atom is 0.243 e. The van der Waals surface area contributed by atoms with Crippen LogP contribution in [0.4, 0.5) is 0 Å². The van der Waals surface area contributed by atoms with Gasteiger partial charge in [-0.25, -0.2) is 10.0 Å². The van der Waals surface area contributed by atoms with Crippen molar-refractivity contribution < 1.29 is 9.63 Å². The highest BCUT2D eigenvalue weighted by molar-refractivity contribution is 6.02. The van der Waals surface area contributed by atoms with Gasteiger partial charge in [0.25, 0.3) is 0 Å². The molecule has 3 rings (SSSR count). The van der Waals surface area contributed by atoms with Crippen LogP contribution in [0.25, 0.3) is 21.9 Å². The Morgan fingerprint density at radius 1 is 1.30 bits per heavy atom. The van der Waals surface area contributed by atoms with Gasteiger partial charge in [-0.05, 0) is 32.3 Å². The van der Waals surface area contributed by atoms with Crippen molar-refractivity contribution in [3.63, 3.8) is 0 Å². The second-order valence-electron chi connectivity index (χ2n) is 6.96. The molecule has 2 heterocycles. The normalized spacial score (nSPS) is 12.6. The summed E-state index contributed by atoms with van der Waals surface area (Å²) in [6.07, 6.45) is 5.66. The number of benzene rings is 1. The fourth-order valence-electron chi connectivity index (χ4n) is 3.75. The summed E-state index contributed by atoms with van der Waals surface area (Å²) in [5, 5.41) is 2.58. The molecule has 0 aliphatic heterocycles. The number of imidazole rings is 1. The number of hydrogen-bond acceptors (Lipinski definition) is 4. The third-order valence-corrected chi connectivity index (χ3v) is 4.94. The van der Waals surface area contributed by atoms with Gasteiger partial charge in [-0.1, -0.05) is 25.1 Å². The molecule has 3 aromatic rings. The van der Waals surface area contributed by atoms with E-state index >= 15 is 0 Å². The summed E-state index contributed by atoms with van der Waals surface area (Å²) in [7, 11) is 1.54. The predicted molar refractivity (Wildman–Crippen MR) is 107 cm³/mol. The van der Waals surface area contributed by atoms with Crippen LogP contribution in [0.2, 0.25) is 0 Å². The Balaban J connectivity index is 1.89. The summed E-state index contributed by atoms with van der Waals surface area (Å²) < 4.78 is 2.33. The van der Waals surface area contributed by atoms with Crippen LogP contribution >= 0.6 is 0 Å². The van der Waals surface area contributed by atoms with Crippen LogP contribution in [0, 0.1) is 0 Å². The van der Waals surface area contributed by atoms with Crippen molar-refractivity contribution in [2.75, 3.05) is 7.11 Å². The molecular weight excluding hydrogens is 340 g/mol. The van der Waals surface area contributed by atoms with E-state index in [1.807, 2.05) is 31.3 Å². The molecule has 0 spiro atoms. The van der Waals surface area contributed by atoms with Crippen molar-refractivity contribution >= 4 is 27.8 Å². The van der Waals surface area contributed by atoms with E-state index in [2.05, 4.69) is 22.5 Å². The lowest BCUT2D eigenvalue weighted by Gasteiger charge is -2.25. The zero-order chi connectivity index (χ0) is 19.4. The van der Waals surface area contributed by atoms with Gasteiger partial charge in [-0.3, -0.25) is 14.6 Å². The lowest BCUT2D eigenvalue weighted by molar-refractivity contribution is -0.185. The maximum atomic E-state index is 11.6. The van der Waals surface area contributed by atoms with Gasteiger partial charge in [0.15, 0.2) is 0 Å². The number of rotatable bonds is 8. The van der Waals surface area contributed by atoms with Crippen molar-refractivity contribution in [1.82, 2.24) is 19.6 Å². The lowest BCUT2D eigenvalue weighted by Crippen LogP contribution is -2.36. The molecule has 144 valence electrons.